The van der Waals surface area contributed by atoms with Crippen molar-refractivity contribution in [3.05, 3.63) is 35.6 Å². The number of amides is 1. The van der Waals surface area contributed by atoms with E-state index >= 15 is 0 Å². The fourth-order valence-electron chi connectivity index (χ4n) is 2.45. The Morgan fingerprint density at radius 1 is 1.22 bits per heavy atom. The van der Waals surface area contributed by atoms with Gasteiger partial charge in [-0.25, -0.2) is 14.0 Å². The van der Waals surface area contributed by atoms with Crippen LogP contribution >= 0.6 is 0 Å². The molecular weight excluding hydrogens is 241 g/mol. The molecule has 1 heterocycles. The summed E-state index contributed by atoms with van der Waals surface area (Å²) in [5, 5.41) is 18.5. The van der Waals surface area contributed by atoms with Crippen LogP contribution in [0.2, 0.25) is 0 Å². The average molecular weight is 253 g/mol. The van der Waals surface area contributed by atoms with Crippen molar-refractivity contribution in [1.82, 2.24) is 4.90 Å². The molecule has 96 valence electrons. The van der Waals surface area contributed by atoms with E-state index in [2.05, 4.69) is 0 Å². The number of hydrogen-bond donors (Lipinski definition) is 2. The number of carboxylic acids is 1. The largest absolute Gasteiger partial charge is 0.479 e. The van der Waals surface area contributed by atoms with E-state index in [1.165, 1.54) is 12.1 Å². The first kappa shape index (κ1) is 12.3. The molecule has 1 amide bonds. The summed E-state index contributed by atoms with van der Waals surface area (Å²) in [6.45, 7) is 0.166. The molecule has 0 aromatic heterocycles. The Morgan fingerprint density at radius 3 is 2.33 bits per heavy atom. The van der Waals surface area contributed by atoms with Gasteiger partial charge < -0.3 is 10.2 Å². The van der Waals surface area contributed by atoms with Crippen molar-refractivity contribution in [3.63, 3.8) is 0 Å². The quantitative estimate of drug-likeness (QED) is 0.843. The van der Waals surface area contributed by atoms with Crippen LogP contribution in [-0.2, 0) is 10.3 Å². The third-order valence-electron chi connectivity index (χ3n) is 3.29. The highest BCUT2D eigenvalue weighted by Crippen LogP contribution is 2.39. The monoisotopic (exact) mass is 253 g/mol. The van der Waals surface area contributed by atoms with E-state index in [-0.39, 0.29) is 18.5 Å². The molecule has 0 saturated carbocycles. The molecule has 2 N–H and O–H groups in total. The lowest BCUT2D eigenvalue weighted by Crippen LogP contribution is -2.50. The van der Waals surface area contributed by atoms with Crippen LogP contribution < -0.4 is 0 Å². The van der Waals surface area contributed by atoms with Gasteiger partial charge in [-0.15, -0.1) is 0 Å². The first-order valence-electron chi connectivity index (χ1n) is 5.48. The Bertz CT molecular complexity index is 487. The van der Waals surface area contributed by atoms with Gasteiger partial charge in [0, 0.05) is 6.54 Å². The highest BCUT2D eigenvalue weighted by molar-refractivity contribution is 5.86. The van der Waals surface area contributed by atoms with Crippen molar-refractivity contribution in [1.29, 1.82) is 0 Å². The van der Waals surface area contributed by atoms with Gasteiger partial charge in [0.2, 0.25) is 0 Å². The van der Waals surface area contributed by atoms with Gasteiger partial charge >= 0.3 is 12.1 Å². The highest BCUT2D eigenvalue weighted by atomic mass is 19.1. The van der Waals surface area contributed by atoms with E-state index < -0.39 is 23.4 Å². The molecule has 1 aliphatic rings. The molecule has 0 spiro atoms. The first-order chi connectivity index (χ1) is 8.48. The van der Waals surface area contributed by atoms with Gasteiger partial charge in [0.15, 0.2) is 5.54 Å². The Morgan fingerprint density at radius 2 is 1.83 bits per heavy atom. The van der Waals surface area contributed by atoms with Crippen LogP contribution in [0.15, 0.2) is 24.3 Å². The zero-order valence-electron chi connectivity index (χ0n) is 9.47. The minimum atomic E-state index is -1.60. The van der Waals surface area contributed by atoms with E-state index in [9.17, 15) is 19.1 Å². The van der Waals surface area contributed by atoms with Crippen LogP contribution in [0.5, 0.6) is 0 Å². The molecule has 18 heavy (non-hydrogen) atoms. The summed E-state index contributed by atoms with van der Waals surface area (Å²) >= 11 is 0. The second-order valence-corrected chi connectivity index (χ2v) is 4.21. The molecule has 1 atom stereocenters. The van der Waals surface area contributed by atoms with Gasteiger partial charge in [0.05, 0.1) is 0 Å². The van der Waals surface area contributed by atoms with Gasteiger partial charge in [-0.05, 0) is 30.5 Å². The Hall–Kier alpha value is -2.11. The Balaban J connectivity index is 2.53. The summed E-state index contributed by atoms with van der Waals surface area (Å²) in [6, 6.07) is 4.92. The van der Waals surface area contributed by atoms with E-state index in [0.29, 0.717) is 6.42 Å². The molecule has 0 aliphatic carbocycles. The minimum Gasteiger partial charge on any atom is -0.479 e. The smallest absolute Gasteiger partial charge is 0.408 e. The number of hydrogen-bond acceptors (Lipinski definition) is 2. The van der Waals surface area contributed by atoms with Gasteiger partial charge in [0.25, 0.3) is 0 Å². The Labute approximate surface area is 102 Å². The second-order valence-electron chi connectivity index (χ2n) is 4.21. The van der Waals surface area contributed by atoms with E-state index in [4.69, 9.17) is 5.11 Å². The van der Waals surface area contributed by atoms with Crippen molar-refractivity contribution < 1.29 is 24.2 Å². The van der Waals surface area contributed by atoms with Crippen LogP contribution in [0.3, 0.4) is 0 Å². The molecule has 0 bridgehead atoms. The van der Waals surface area contributed by atoms with Gasteiger partial charge in [-0.3, -0.25) is 4.90 Å². The van der Waals surface area contributed by atoms with Gasteiger partial charge in [-0.1, -0.05) is 12.1 Å². The molecule has 5 nitrogen and oxygen atoms in total. The van der Waals surface area contributed by atoms with Crippen molar-refractivity contribution >= 4 is 12.1 Å². The lowest BCUT2D eigenvalue weighted by molar-refractivity contribution is -0.149. The Kier molecular flexibility index (Phi) is 2.94. The van der Waals surface area contributed by atoms with Crippen molar-refractivity contribution in [2.24, 2.45) is 0 Å². The minimum absolute atomic E-state index is 0.166. The molecule has 0 radical (unpaired) electrons. The fraction of sp³-hybridized carbons (Fsp3) is 0.333. The maximum absolute atomic E-state index is 12.9. The molecule has 1 fully saturated rings. The fourth-order valence-corrected chi connectivity index (χ4v) is 2.45. The topological polar surface area (TPSA) is 77.8 Å². The molecule has 1 saturated heterocycles. The zero-order chi connectivity index (χ0) is 13.3. The van der Waals surface area contributed by atoms with Gasteiger partial charge in [-0.2, -0.15) is 0 Å². The van der Waals surface area contributed by atoms with Crippen molar-refractivity contribution in [2.45, 2.75) is 18.4 Å². The maximum atomic E-state index is 12.9. The normalized spacial score (nSPS) is 23.1. The van der Waals surface area contributed by atoms with Crippen LogP contribution in [0.1, 0.15) is 18.4 Å². The predicted molar refractivity (Wildman–Crippen MR) is 59.7 cm³/mol. The van der Waals surface area contributed by atoms with E-state index in [1.54, 1.807) is 0 Å². The van der Waals surface area contributed by atoms with Crippen LogP contribution in [0.25, 0.3) is 0 Å². The van der Waals surface area contributed by atoms with Crippen LogP contribution in [0.4, 0.5) is 9.18 Å². The third kappa shape index (κ3) is 1.70. The summed E-state index contributed by atoms with van der Waals surface area (Å²) in [4.78, 5) is 23.6. The molecule has 1 aromatic rings. The summed E-state index contributed by atoms with van der Waals surface area (Å²) < 4.78 is 12.9. The summed E-state index contributed by atoms with van der Waals surface area (Å²) in [6.07, 6.45) is -0.616. The SMILES string of the molecule is O=C(O)N1CCCC1(C(=O)O)c1ccc(F)cc1. The van der Waals surface area contributed by atoms with Gasteiger partial charge in [0.1, 0.15) is 5.82 Å². The molecule has 1 unspecified atom stereocenters. The standard InChI is InChI=1S/C12H12FNO4/c13-9-4-2-8(3-5-9)12(10(15)16)6-1-7-14(12)11(17)18/h2-5H,1,6-7H2,(H,15,16)(H,17,18). The molecule has 2 rings (SSSR count). The summed E-state index contributed by atoms with van der Waals surface area (Å²) in [7, 11) is 0. The number of rotatable bonds is 2. The number of nitrogens with zero attached hydrogens (tertiary/aromatic N) is 1. The second kappa shape index (κ2) is 4.29. The van der Waals surface area contributed by atoms with E-state index in [1.807, 2.05) is 0 Å². The predicted octanol–water partition coefficient (Wildman–Crippen LogP) is 1.88. The average Bonchev–Trinajstić information content (AvgIpc) is 2.75. The third-order valence-corrected chi connectivity index (χ3v) is 3.29. The number of halogens is 1. The lowest BCUT2D eigenvalue weighted by Gasteiger charge is -2.33. The number of aliphatic carboxylic acids is 1. The number of benzene rings is 1. The number of carbonyl (C=O) groups is 2. The molecule has 1 aliphatic heterocycles. The van der Waals surface area contributed by atoms with E-state index in [0.717, 1.165) is 17.0 Å². The lowest BCUT2D eigenvalue weighted by atomic mass is 9.87. The van der Waals surface area contributed by atoms with Crippen molar-refractivity contribution in [2.75, 3.05) is 6.54 Å². The molecule has 1 aromatic carbocycles. The van der Waals surface area contributed by atoms with Crippen LogP contribution in [-0.4, -0.2) is 33.7 Å². The molecular formula is C12H12FNO4. The van der Waals surface area contributed by atoms with Crippen LogP contribution in [0, 0.1) is 5.82 Å². The number of likely N-dealkylation sites (tertiary alicyclic amines) is 1. The summed E-state index contributed by atoms with van der Waals surface area (Å²) in [5.74, 6) is -1.71. The zero-order valence-corrected chi connectivity index (χ0v) is 9.47. The summed E-state index contributed by atoms with van der Waals surface area (Å²) in [5.41, 5.74) is -1.31. The van der Waals surface area contributed by atoms with Crippen molar-refractivity contribution in [3.8, 4) is 0 Å². The maximum Gasteiger partial charge on any atom is 0.408 e. The molecule has 6 heteroatoms. The first-order valence-corrected chi connectivity index (χ1v) is 5.48. The number of carboxylic acid groups (broad SMARTS) is 2. The highest BCUT2D eigenvalue weighted by Gasteiger charge is 2.51.